The Bertz CT molecular complexity index is 839. The Balaban J connectivity index is 2.20. The van der Waals surface area contributed by atoms with E-state index in [0.29, 0.717) is 15.5 Å². The third-order valence-corrected chi connectivity index (χ3v) is 4.69. The molecule has 0 bridgehead atoms. The van der Waals surface area contributed by atoms with Crippen molar-refractivity contribution >= 4 is 48.6 Å². The standard InChI is InChI=1S/C11H12BrN3O5S/c12-6-4-8-9(14-11(18)13-8)5-7(6)15-21(19,20)3-1-2-10(16)17/h4-5,15H,1-3H2,(H,16,17)(H2,13,14,18). The second kappa shape index (κ2) is 5.90. The van der Waals surface area contributed by atoms with Crippen molar-refractivity contribution in [2.45, 2.75) is 12.8 Å². The first kappa shape index (κ1) is 15.6. The number of aromatic amines is 2. The van der Waals surface area contributed by atoms with E-state index in [1.54, 1.807) is 6.07 Å². The molecule has 0 radical (unpaired) electrons. The summed E-state index contributed by atoms with van der Waals surface area (Å²) in [6.45, 7) is 0. The second-order valence-electron chi connectivity index (χ2n) is 4.37. The Morgan fingerprint density at radius 1 is 1.29 bits per heavy atom. The summed E-state index contributed by atoms with van der Waals surface area (Å²) in [7, 11) is -3.66. The zero-order valence-corrected chi connectivity index (χ0v) is 13.0. The van der Waals surface area contributed by atoms with E-state index in [1.807, 2.05) is 0 Å². The van der Waals surface area contributed by atoms with Crippen LogP contribution in [0.5, 0.6) is 0 Å². The van der Waals surface area contributed by atoms with Gasteiger partial charge in [-0.05, 0) is 34.5 Å². The number of carbonyl (C=O) groups is 1. The van der Waals surface area contributed by atoms with Crippen molar-refractivity contribution in [2.24, 2.45) is 0 Å². The maximum Gasteiger partial charge on any atom is 0.323 e. The highest BCUT2D eigenvalue weighted by atomic mass is 79.9. The molecule has 0 fully saturated rings. The first-order valence-corrected chi connectivity index (χ1v) is 8.35. The van der Waals surface area contributed by atoms with Gasteiger partial charge in [-0.15, -0.1) is 0 Å². The van der Waals surface area contributed by atoms with E-state index >= 15 is 0 Å². The van der Waals surface area contributed by atoms with Crippen LogP contribution in [0, 0.1) is 0 Å². The SMILES string of the molecule is O=C(O)CCCS(=O)(=O)Nc1cc2[nH]c(=O)[nH]c2cc1Br. The number of H-pyrrole nitrogens is 2. The molecule has 0 atom stereocenters. The van der Waals surface area contributed by atoms with Gasteiger partial charge < -0.3 is 15.1 Å². The maximum atomic E-state index is 11.9. The molecule has 21 heavy (non-hydrogen) atoms. The van der Waals surface area contributed by atoms with E-state index in [-0.39, 0.29) is 24.3 Å². The Morgan fingerprint density at radius 3 is 2.52 bits per heavy atom. The summed E-state index contributed by atoms with van der Waals surface area (Å²) in [4.78, 5) is 26.6. The molecule has 1 heterocycles. The highest BCUT2D eigenvalue weighted by Gasteiger charge is 2.14. The minimum Gasteiger partial charge on any atom is -0.481 e. The number of aromatic nitrogens is 2. The van der Waals surface area contributed by atoms with Crippen LogP contribution < -0.4 is 10.4 Å². The van der Waals surface area contributed by atoms with Gasteiger partial charge >= 0.3 is 11.7 Å². The fourth-order valence-electron chi connectivity index (χ4n) is 1.77. The van der Waals surface area contributed by atoms with Gasteiger partial charge in [0.1, 0.15) is 0 Å². The number of hydrogen-bond acceptors (Lipinski definition) is 4. The van der Waals surface area contributed by atoms with Crippen LogP contribution in [-0.4, -0.2) is 35.2 Å². The number of carboxylic acids is 1. The molecule has 0 aliphatic heterocycles. The number of anilines is 1. The predicted octanol–water partition coefficient (Wildman–Crippen LogP) is 1.23. The van der Waals surface area contributed by atoms with Crippen LogP contribution in [-0.2, 0) is 14.8 Å². The topological polar surface area (TPSA) is 132 Å². The summed E-state index contributed by atoms with van der Waals surface area (Å²) in [5.74, 6) is -1.34. The van der Waals surface area contributed by atoms with Gasteiger partial charge in [-0.25, -0.2) is 13.2 Å². The number of imidazole rings is 1. The summed E-state index contributed by atoms with van der Waals surface area (Å²) in [6, 6.07) is 3.05. The lowest BCUT2D eigenvalue weighted by Gasteiger charge is -2.09. The number of sulfonamides is 1. The van der Waals surface area contributed by atoms with Crippen molar-refractivity contribution in [1.29, 1.82) is 0 Å². The molecule has 2 aromatic rings. The number of aliphatic carboxylic acids is 1. The molecule has 0 saturated carbocycles. The molecule has 0 spiro atoms. The largest absolute Gasteiger partial charge is 0.481 e. The average molecular weight is 378 g/mol. The van der Waals surface area contributed by atoms with Gasteiger partial charge in [0.25, 0.3) is 0 Å². The quantitative estimate of drug-likeness (QED) is 0.600. The zero-order valence-electron chi connectivity index (χ0n) is 10.6. The Morgan fingerprint density at radius 2 is 1.90 bits per heavy atom. The van der Waals surface area contributed by atoms with Crippen molar-refractivity contribution in [3.63, 3.8) is 0 Å². The molecule has 0 aliphatic rings. The average Bonchev–Trinajstić information content (AvgIpc) is 2.67. The fourth-order valence-corrected chi connectivity index (χ4v) is 3.47. The Kier molecular flexibility index (Phi) is 4.37. The molecule has 1 aromatic carbocycles. The van der Waals surface area contributed by atoms with Crippen LogP contribution in [0.25, 0.3) is 11.0 Å². The van der Waals surface area contributed by atoms with E-state index in [1.165, 1.54) is 6.07 Å². The van der Waals surface area contributed by atoms with E-state index in [0.717, 1.165) is 0 Å². The summed E-state index contributed by atoms with van der Waals surface area (Å²) in [5.41, 5.74) is 0.888. The van der Waals surface area contributed by atoms with Crippen molar-refractivity contribution < 1.29 is 18.3 Å². The third-order valence-electron chi connectivity index (χ3n) is 2.67. The number of fused-ring (bicyclic) bond motifs is 1. The van der Waals surface area contributed by atoms with Gasteiger partial charge in [0.15, 0.2) is 0 Å². The lowest BCUT2D eigenvalue weighted by Crippen LogP contribution is -2.17. The number of carboxylic acid groups (broad SMARTS) is 1. The Labute approximate surface area is 127 Å². The van der Waals surface area contributed by atoms with Crippen LogP contribution in [0.2, 0.25) is 0 Å². The summed E-state index contributed by atoms with van der Waals surface area (Å²) in [5, 5.41) is 8.50. The number of nitrogens with one attached hydrogen (secondary N) is 3. The van der Waals surface area contributed by atoms with E-state index in [2.05, 4.69) is 30.6 Å². The number of benzene rings is 1. The molecule has 2 rings (SSSR count). The molecular weight excluding hydrogens is 366 g/mol. The number of halogens is 1. The molecule has 0 amide bonds. The summed E-state index contributed by atoms with van der Waals surface area (Å²) >= 11 is 3.21. The van der Waals surface area contributed by atoms with Gasteiger partial charge in [0.05, 0.1) is 22.5 Å². The van der Waals surface area contributed by atoms with Crippen molar-refractivity contribution in [3.05, 3.63) is 27.1 Å². The smallest absolute Gasteiger partial charge is 0.323 e. The van der Waals surface area contributed by atoms with Crippen LogP contribution in [0.1, 0.15) is 12.8 Å². The monoisotopic (exact) mass is 377 g/mol. The van der Waals surface area contributed by atoms with Crippen LogP contribution in [0.4, 0.5) is 5.69 Å². The fraction of sp³-hybridized carbons (Fsp3) is 0.273. The van der Waals surface area contributed by atoms with Crippen LogP contribution >= 0.6 is 15.9 Å². The first-order chi connectivity index (χ1) is 9.77. The minimum absolute atomic E-state index is 0.0194. The second-order valence-corrected chi connectivity index (χ2v) is 7.07. The first-order valence-electron chi connectivity index (χ1n) is 5.91. The van der Waals surface area contributed by atoms with E-state index < -0.39 is 21.7 Å². The van der Waals surface area contributed by atoms with Crippen molar-refractivity contribution in [3.8, 4) is 0 Å². The third kappa shape index (κ3) is 4.08. The minimum atomic E-state index is -3.66. The molecule has 4 N–H and O–H groups in total. The summed E-state index contributed by atoms with van der Waals surface area (Å²) < 4.78 is 26.6. The van der Waals surface area contributed by atoms with Crippen molar-refractivity contribution in [1.82, 2.24) is 9.97 Å². The Hall–Kier alpha value is -1.81. The molecule has 0 saturated heterocycles. The van der Waals surface area contributed by atoms with Gasteiger partial charge in [-0.1, -0.05) is 0 Å². The lowest BCUT2D eigenvalue weighted by atomic mass is 10.3. The van der Waals surface area contributed by atoms with Gasteiger partial charge in [-0.2, -0.15) is 0 Å². The molecule has 10 heteroatoms. The summed E-state index contributed by atoms with van der Waals surface area (Å²) in [6.07, 6.45) is -0.197. The molecule has 0 aliphatic carbocycles. The number of hydrogen-bond donors (Lipinski definition) is 4. The van der Waals surface area contributed by atoms with Crippen LogP contribution in [0.15, 0.2) is 21.4 Å². The molecule has 0 unspecified atom stereocenters. The zero-order chi connectivity index (χ0) is 15.6. The van der Waals surface area contributed by atoms with E-state index in [9.17, 15) is 18.0 Å². The molecule has 8 nitrogen and oxygen atoms in total. The van der Waals surface area contributed by atoms with Gasteiger partial charge in [0.2, 0.25) is 10.0 Å². The predicted molar refractivity (Wildman–Crippen MR) is 80.9 cm³/mol. The van der Waals surface area contributed by atoms with E-state index in [4.69, 9.17) is 5.11 Å². The molecule has 114 valence electrons. The van der Waals surface area contributed by atoms with Gasteiger partial charge in [0, 0.05) is 10.9 Å². The molecular formula is C11H12BrN3O5S. The highest BCUT2D eigenvalue weighted by Crippen LogP contribution is 2.27. The van der Waals surface area contributed by atoms with Gasteiger partial charge in [-0.3, -0.25) is 9.52 Å². The van der Waals surface area contributed by atoms with Crippen molar-refractivity contribution in [2.75, 3.05) is 10.5 Å². The number of rotatable bonds is 6. The normalized spacial score (nSPS) is 11.7. The molecule has 1 aromatic heterocycles. The lowest BCUT2D eigenvalue weighted by molar-refractivity contribution is -0.137. The highest BCUT2D eigenvalue weighted by molar-refractivity contribution is 9.10. The van der Waals surface area contributed by atoms with Crippen LogP contribution in [0.3, 0.4) is 0 Å². The maximum absolute atomic E-state index is 11.9.